The van der Waals surface area contributed by atoms with E-state index in [1.54, 1.807) is 18.2 Å². The summed E-state index contributed by atoms with van der Waals surface area (Å²) in [4.78, 5) is 12.9. The molecule has 0 fully saturated rings. The molecule has 0 aliphatic rings. The van der Waals surface area contributed by atoms with E-state index in [-0.39, 0.29) is 18.2 Å². The molecule has 2 rings (SSSR count). The Hall–Kier alpha value is -1.18. The Bertz CT molecular complexity index is 681. The van der Waals surface area contributed by atoms with Crippen LogP contribution in [0, 0.1) is 0 Å². The van der Waals surface area contributed by atoms with E-state index in [1.165, 1.54) is 17.4 Å². The minimum Gasteiger partial charge on any atom is -0.434 e. The zero-order chi connectivity index (χ0) is 16.8. The van der Waals surface area contributed by atoms with Crippen molar-refractivity contribution in [1.82, 2.24) is 5.32 Å². The van der Waals surface area contributed by atoms with Crippen LogP contribution in [-0.4, -0.2) is 12.5 Å². The summed E-state index contributed by atoms with van der Waals surface area (Å²) in [5.74, 6) is -0.119. The van der Waals surface area contributed by atoms with Crippen molar-refractivity contribution in [2.24, 2.45) is 0 Å². The second kappa shape index (κ2) is 8.61. The van der Waals surface area contributed by atoms with Gasteiger partial charge in [0.2, 0.25) is 5.91 Å². The summed E-state index contributed by atoms with van der Waals surface area (Å²) in [5, 5.41) is 2.70. The van der Waals surface area contributed by atoms with Crippen LogP contribution in [0.1, 0.15) is 16.9 Å². The summed E-state index contributed by atoms with van der Waals surface area (Å²) in [6.45, 7) is -2.79. The van der Waals surface area contributed by atoms with Gasteiger partial charge >= 0.3 is 6.61 Å². The molecule has 0 radical (unpaired) electrons. The fourth-order valence-electron chi connectivity index (χ4n) is 1.90. The molecule has 0 atom stereocenters. The molecule has 1 aromatic heterocycles. The van der Waals surface area contributed by atoms with E-state index in [0.717, 1.165) is 9.35 Å². The van der Waals surface area contributed by atoms with Crippen LogP contribution in [0.15, 0.2) is 34.8 Å². The molecular formula is C15H13BrClF2NO2S. The van der Waals surface area contributed by atoms with Gasteiger partial charge in [-0.15, -0.1) is 11.3 Å². The molecule has 2 aromatic rings. The maximum absolute atomic E-state index is 12.4. The Labute approximate surface area is 149 Å². The largest absolute Gasteiger partial charge is 0.434 e. The van der Waals surface area contributed by atoms with Gasteiger partial charge in [-0.3, -0.25) is 4.79 Å². The first-order valence-corrected chi connectivity index (χ1v) is 8.67. The van der Waals surface area contributed by atoms with E-state index in [2.05, 4.69) is 26.0 Å². The Kier molecular flexibility index (Phi) is 6.80. The molecular weight excluding hydrogens is 412 g/mol. The number of amides is 1. The minimum absolute atomic E-state index is 0.0496. The van der Waals surface area contributed by atoms with Crippen molar-refractivity contribution in [2.75, 3.05) is 0 Å². The van der Waals surface area contributed by atoms with Crippen LogP contribution in [0.5, 0.6) is 5.75 Å². The smallest absolute Gasteiger partial charge is 0.387 e. The van der Waals surface area contributed by atoms with Crippen molar-refractivity contribution >= 4 is 44.8 Å². The lowest BCUT2D eigenvalue weighted by atomic mass is 10.2. The van der Waals surface area contributed by atoms with Crippen LogP contribution in [0.25, 0.3) is 0 Å². The SMILES string of the molecule is O=C(CCc1ccc(Cl)s1)NCc1cc(Br)ccc1OC(F)F. The van der Waals surface area contributed by atoms with E-state index in [0.29, 0.717) is 22.7 Å². The highest BCUT2D eigenvalue weighted by atomic mass is 79.9. The Morgan fingerprint density at radius 3 is 2.78 bits per heavy atom. The highest BCUT2D eigenvalue weighted by Gasteiger charge is 2.11. The zero-order valence-electron chi connectivity index (χ0n) is 11.8. The number of thiophene rings is 1. The molecule has 1 amide bonds. The zero-order valence-corrected chi connectivity index (χ0v) is 15.0. The van der Waals surface area contributed by atoms with Gasteiger partial charge in [0.15, 0.2) is 0 Å². The normalized spacial score (nSPS) is 10.8. The number of halogens is 4. The highest BCUT2D eigenvalue weighted by molar-refractivity contribution is 9.10. The van der Waals surface area contributed by atoms with E-state index >= 15 is 0 Å². The van der Waals surface area contributed by atoms with Crippen molar-refractivity contribution in [3.63, 3.8) is 0 Å². The van der Waals surface area contributed by atoms with E-state index in [1.807, 2.05) is 6.07 Å². The van der Waals surface area contributed by atoms with Crippen molar-refractivity contribution < 1.29 is 18.3 Å². The average molecular weight is 425 g/mol. The summed E-state index contributed by atoms with van der Waals surface area (Å²) >= 11 is 10.5. The second-order valence-electron chi connectivity index (χ2n) is 4.61. The van der Waals surface area contributed by atoms with E-state index in [9.17, 15) is 13.6 Å². The summed E-state index contributed by atoms with van der Waals surface area (Å²) in [6.07, 6.45) is 0.887. The first kappa shape index (κ1) is 18.2. The van der Waals surface area contributed by atoms with E-state index in [4.69, 9.17) is 11.6 Å². The maximum Gasteiger partial charge on any atom is 0.387 e. The first-order chi connectivity index (χ1) is 10.9. The molecule has 0 aliphatic heterocycles. The molecule has 0 saturated heterocycles. The maximum atomic E-state index is 12.4. The third-order valence-corrected chi connectivity index (χ3v) is 4.73. The molecule has 1 N–H and O–H groups in total. The number of nitrogens with one attached hydrogen (secondary N) is 1. The van der Waals surface area contributed by atoms with Crippen LogP contribution < -0.4 is 10.1 Å². The van der Waals surface area contributed by atoms with Gasteiger partial charge in [0.05, 0.1) is 4.34 Å². The summed E-state index contributed by atoms with van der Waals surface area (Å²) < 4.78 is 30.6. The van der Waals surface area contributed by atoms with Crippen LogP contribution in [0.4, 0.5) is 8.78 Å². The van der Waals surface area contributed by atoms with Crippen molar-refractivity contribution in [2.45, 2.75) is 26.0 Å². The third-order valence-electron chi connectivity index (χ3n) is 2.94. The van der Waals surface area contributed by atoms with Crippen molar-refractivity contribution in [3.05, 3.63) is 49.6 Å². The number of carbonyl (C=O) groups is 1. The quantitative estimate of drug-likeness (QED) is 0.678. The molecule has 3 nitrogen and oxygen atoms in total. The molecule has 23 heavy (non-hydrogen) atoms. The van der Waals surface area contributed by atoms with Crippen LogP contribution in [0.2, 0.25) is 4.34 Å². The number of benzene rings is 1. The first-order valence-electron chi connectivity index (χ1n) is 6.68. The fraction of sp³-hybridized carbons (Fsp3) is 0.267. The van der Waals surface area contributed by atoms with Crippen LogP contribution >= 0.6 is 38.9 Å². The molecule has 1 heterocycles. The Balaban J connectivity index is 1.89. The summed E-state index contributed by atoms with van der Waals surface area (Å²) in [5.41, 5.74) is 0.479. The topological polar surface area (TPSA) is 38.3 Å². The lowest BCUT2D eigenvalue weighted by molar-refractivity contribution is -0.121. The lowest BCUT2D eigenvalue weighted by Crippen LogP contribution is -2.23. The summed E-state index contributed by atoms with van der Waals surface area (Å²) in [7, 11) is 0. The molecule has 0 spiro atoms. The predicted molar refractivity (Wildman–Crippen MR) is 90.3 cm³/mol. The molecule has 124 valence electrons. The molecule has 0 saturated carbocycles. The van der Waals surface area contributed by atoms with Gasteiger partial charge in [-0.05, 0) is 36.8 Å². The standard InChI is InChI=1S/C15H13BrClF2NO2S/c16-10-1-4-12(22-15(18)19)9(7-10)8-20-14(21)6-3-11-2-5-13(17)23-11/h1-2,4-5,7,15H,3,6,8H2,(H,20,21). The van der Waals surface area contributed by atoms with Gasteiger partial charge in [0, 0.05) is 27.9 Å². The van der Waals surface area contributed by atoms with Crippen molar-refractivity contribution in [3.8, 4) is 5.75 Å². The van der Waals surface area contributed by atoms with Crippen LogP contribution in [-0.2, 0) is 17.8 Å². The number of aryl methyl sites for hydroxylation is 1. The van der Waals surface area contributed by atoms with Gasteiger partial charge in [-0.1, -0.05) is 27.5 Å². The average Bonchev–Trinajstić information content (AvgIpc) is 2.90. The number of hydrogen-bond acceptors (Lipinski definition) is 3. The number of ether oxygens (including phenoxy) is 1. The Morgan fingerprint density at radius 2 is 2.13 bits per heavy atom. The van der Waals surface area contributed by atoms with Gasteiger partial charge in [0.1, 0.15) is 5.75 Å². The van der Waals surface area contributed by atoms with E-state index < -0.39 is 6.61 Å². The van der Waals surface area contributed by atoms with Gasteiger partial charge < -0.3 is 10.1 Å². The minimum atomic E-state index is -2.91. The second-order valence-corrected chi connectivity index (χ2v) is 7.33. The number of carbonyl (C=O) groups excluding carboxylic acids is 1. The Morgan fingerprint density at radius 1 is 1.35 bits per heavy atom. The number of rotatable bonds is 7. The predicted octanol–water partition coefficient (Wildman–Crippen LogP) is 5.01. The summed E-state index contributed by atoms with van der Waals surface area (Å²) in [6, 6.07) is 8.34. The van der Waals surface area contributed by atoms with Crippen molar-refractivity contribution in [1.29, 1.82) is 0 Å². The monoisotopic (exact) mass is 423 g/mol. The molecule has 1 aromatic carbocycles. The molecule has 8 heteroatoms. The third kappa shape index (κ3) is 6.08. The van der Waals surface area contributed by atoms with Crippen LogP contribution in [0.3, 0.4) is 0 Å². The molecule has 0 bridgehead atoms. The fourth-order valence-corrected chi connectivity index (χ4v) is 3.40. The van der Waals surface area contributed by atoms with Gasteiger partial charge in [0.25, 0.3) is 0 Å². The highest BCUT2D eigenvalue weighted by Crippen LogP contribution is 2.25. The number of hydrogen-bond donors (Lipinski definition) is 1. The van der Waals surface area contributed by atoms with Gasteiger partial charge in [-0.25, -0.2) is 0 Å². The molecule has 0 unspecified atom stereocenters. The van der Waals surface area contributed by atoms with Gasteiger partial charge in [-0.2, -0.15) is 8.78 Å². The lowest BCUT2D eigenvalue weighted by Gasteiger charge is -2.12. The number of alkyl halides is 2. The molecule has 0 aliphatic carbocycles.